The van der Waals surface area contributed by atoms with Gasteiger partial charge in [-0.1, -0.05) is 70.4 Å². The smallest absolute Gasteiger partial charge is 0.0414 e. The van der Waals surface area contributed by atoms with Gasteiger partial charge in [-0.2, -0.15) is 0 Å². The Bertz CT molecular complexity index is 239. The third-order valence-corrected chi connectivity index (χ3v) is 3.64. The van der Waals surface area contributed by atoms with Gasteiger partial charge >= 0.3 is 0 Å². The van der Waals surface area contributed by atoms with Gasteiger partial charge in [-0.25, -0.2) is 0 Å². The highest BCUT2D eigenvalue weighted by Gasteiger charge is 1.91. The summed E-state index contributed by atoms with van der Waals surface area (Å²) in [7, 11) is 0. The molecule has 0 atom stereocenters. The highest BCUT2D eigenvalue weighted by molar-refractivity contribution is 5.63. The fourth-order valence-corrected chi connectivity index (χ4v) is 2.34. The number of hydrogen-bond acceptors (Lipinski definition) is 2. The van der Waals surface area contributed by atoms with E-state index in [2.05, 4.69) is 19.1 Å². The Hall–Kier alpha value is -0.830. The maximum absolute atomic E-state index is 10.2. The molecule has 0 saturated carbocycles. The van der Waals surface area contributed by atoms with Crippen LogP contribution in [0.15, 0.2) is 12.2 Å². The van der Waals surface area contributed by atoms with Gasteiger partial charge in [0.05, 0.1) is 0 Å². The number of carbonyl (C=O) groups excluding carboxylic acids is 1. The first-order valence-corrected chi connectivity index (χ1v) is 8.62. The molecule has 0 radical (unpaired) electrons. The molecule has 4 N–H and O–H groups in total. The summed E-state index contributed by atoms with van der Waals surface area (Å²) in [6.45, 7) is 2.26. The molecule has 0 saturated heterocycles. The third-order valence-electron chi connectivity index (χ3n) is 3.64. The van der Waals surface area contributed by atoms with Crippen LogP contribution in [0.25, 0.3) is 0 Å². The molecule has 0 aromatic heterocycles. The van der Waals surface area contributed by atoms with Gasteiger partial charge in [0.25, 0.3) is 0 Å². The minimum Gasteiger partial charge on any atom is -0.550 e. The van der Waals surface area contributed by atoms with Crippen LogP contribution < -0.4 is 11.3 Å². The molecule has 0 heterocycles. The number of carbonyl (C=O) groups is 1. The Labute approximate surface area is 131 Å². The van der Waals surface area contributed by atoms with E-state index >= 15 is 0 Å². The molecule has 0 bridgehead atoms. The lowest BCUT2D eigenvalue weighted by molar-refractivity contribution is -0.305. The average molecular weight is 299 g/mol. The second-order valence-electron chi connectivity index (χ2n) is 5.71. The van der Waals surface area contributed by atoms with Gasteiger partial charge in [0.2, 0.25) is 0 Å². The number of unbranched alkanes of at least 4 members (excludes halogenated alkanes) is 11. The molecule has 0 rings (SSSR count). The molecule has 126 valence electrons. The van der Waals surface area contributed by atoms with Crippen molar-refractivity contribution in [3.8, 4) is 0 Å². The van der Waals surface area contributed by atoms with Gasteiger partial charge in [0, 0.05) is 5.97 Å². The van der Waals surface area contributed by atoms with Gasteiger partial charge in [0.15, 0.2) is 0 Å². The lowest BCUT2D eigenvalue weighted by atomic mass is 10.1. The van der Waals surface area contributed by atoms with Crippen LogP contribution in [-0.4, -0.2) is 5.97 Å². The molecule has 0 fully saturated rings. The van der Waals surface area contributed by atoms with Crippen molar-refractivity contribution in [2.24, 2.45) is 0 Å². The first-order valence-electron chi connectivity index (χ1n) is 8.62. The Morgan fingerprint density at radius 1 is 0.762 bits per heavy atom. The molecule has 0 amide bonds. The summed E-state index contributed by atoms with van der Waals surface area (Å²) < 4.78 is 0. The van der Waals surface area contributed by atoms with E-state index in [1.54, 1.807) is 0 Å². The maximum Gasteiger partial charge on any atom is 0.0414 e. The van der Waals surface area contributed by atoms with Crippen LogP contribution in [0.5, 0.6) is 0 Å². The number of quaternary nitrogens is 1. The number of allylic oxidation sites excluding steroid dienone is 2. The largest absolute Gasteiger partial charge is 0.550 e. The molecule has 0 spiro atoms. The zero-order valence-corrected chi connectivity index (χ0v) is 14.4. The minimum atomic E-state index is -0.914. The molecule has 0 aliphatic rings. The van der Waals surface area contributed by atoms with Crippen LogP contribution in [0.2, 0.25) is 0 Å². The number of hydrogen-bond donors (Lipinski definition) is 1. The van der Waals surface area contributed by atoms with Crippen LogP contribution in [-0.2, 0) is 4.79 Å². The molecular formula is C18H37NO2. The Kier molecular flexibility index (Phi) is 20.5. The summed E-state index contributed by atoms with van der Waals surface area (Å²) in [6.07, 6.45) is 20.9. The van der Waals surface area contributed by atoms with E-state index in [0.717, 1.165) is 19.3 Å². The lowest BCUT2D eigenvalue weighted by Gasteiger charge is -2.01. The zero-order valence-electron chi connectivity index (χ0n) is 14.4. The second-order valence-corrected chi connectivity index (χ2v) is 5.71. The summed E-state index contributed by atoms with van der Waals surface area (Å²) in [5, 5.41) is 10.2. The highest BCUT2D eigenvalue weighted by atomic mass is 16.4. The molecule has 0 aromatic carbocycles. The van der Waals surface area contributed by atoms with Gasteiger partial charge in [-0.05, 0) is 38.5 Å². The molecular weight excluding hydrogens is 262 g/mol. The van der Waals surface area contributed by atoms with E-state index in [1.807, 2.05) is 0 Å². The highest BCUT2D eigenvalue weighted by Crippen LogP contribution is 2.09. The van der Waals surface area contributed by atoms with Gasteiger partial charge in [0.1, 0.15) is 0 Å². The summed E-state index contributed by atoms with van der Waals surface area (Å²) in [5.41, 5.74) is 0. The number of carboxylic acids is 1. The number of carboxylic acid groups (broad SMARTS) is 1. The van der Waals surface area contributed by atoms with Crippen molar-refractivity contribution in [1.82, 2.24) is 6.15 Å². The van der Waals surface area contributed by atoms with Crippen molar-refractivity contribution in [3.05, 3.63) is 12.2 Å². The first-order chi connectivity index (χ1) is 9.77. The Morgan fingerprint density at radius 2 is 1.19 bits per heavy atom. The fourth-order valence-electron chi connectivity index (χ4n) is 2.34. The van der Waals surface area contributed by atoms with Crippen LogP contribution in [0.4, 0.5) is 0 Å². The number of aliphatic carboxylic acids is 1. The summed E-state index contributed by atoms with van der Waals surface area (Å²) in [5.74, 6) is -0.914. The topological polar surface area (TPSA) is 76.6 Å². The standard InChI is InChI=1S/C18H34O2.H3N/c1-2-3-4-5-6-7-8-9-10-11-12-13-14-15-16-17-18(19)20;/h9-10H,2-8,11-17H2,1H3,(H,19,20);1H3/b10-9-;. The predicted octanol–water partition coefficient (Wildman–Crippen LogP) is 5.15. The minimum absolute atomic E-state index is 0. The van der Waals surface area contributed by atoms with Crippen molar-refractivity contribution in [2.75, 3.05) is 0 Å². The first kappa shape index (κ1) is 22.5. The summed E-state index contributed by atoms with van der Waals surface area (Å²) in [6, 6.07) is 0. The predicted molar refractivity (Wildman–Crippen MR) is 90.4 cm³/mol. The molecule has 0 aromatic rings. The lowest BCUT2D eigenvalue weighted by Crippen LogP contribution is -2.21. The third kappa shape index (κ3) is 21.6. The second kappa shape index (κ2) is 19.2. The summed E-state index contributed by atoms with van der Waals surface area (Å²) in [4.78, 5) is 10.2. The monoisotopic (exact) mass is 299 g/mol. The van der Waals surface area contributed by atoms with E-state index in [0.29, 0.717) is 0 Å². The van der Waals surface area contributed by atoms with E-state index in [9.17, 15) is 9.90 Å². The molecule has 0 aliphatic carbocycles. The normalized spacial score (nSPS) is 10.7. The van der Waals surface area contributed by atoms with Crippen LogP contribution in [0, 0.1) is 0 Å². The molecule has 3 heteroatoms. The maximum atomic E-state index is 10.2. The molecule has 0 unspecified atom stereocenters. The quantitative estimate of drug-likeness (QED) is 0.335. The Balaban J connectivity index is 0. The molecule has 21 heavy (non-hydrogen) atoms. The van der Waals surface area contributed by atoms with E-state index in [-0.39, 0.29) is 12.6 Å². The average Bonchev–Trinajstić information content (AvgIpc) is 2.43. The van der Waals surface area contributed by atoms with Gasteiger partial charge in [-0.3, -0.25) is 0 Å². The zero-order chi connectivity index (χ0) is 14.9. The van der Waals surface area contributed by atoms with Crippen molar-refractivity contribution >= 4 is 5.97 Å². The SMILES string of the molecule is CCCCCCCC/C=C\CCCCCCCC(=O)[O-].[NH4+]. The summed E-state index contributed by atoms with van der Waals surface area (Å²) >= 11 is 0. The fraction of sp³-hybridized carbons (Fsp3) is 0.833. The van der Waals surface area contributed by atoms with Crippen LogP contribution in [0.1, 0.15) is 96.8 Å². The van der Waals surface area contributed by atoms with Crippen LogP contribution in [0.3, 0.4) is 0 Å². The van der Waals surface area contributed by atoms with E-state index < -0.39 is 5.97 Å². The van der Waals surface area contributed by atoms with E-state index in [1.165, 1.54) is 64.2 Å². The van der Waals surface area contributed by atoms with Gasteiger partial charge < -0.3 is 16.1 Å². The van der Waals surface area contributed by atoms with Crippen LogP contribution >= 0.6 is 0 Å². The molecule has 0 aliphatic heterocycles. The van der Waals surface area contributed by atoms with Crippen molar-refractivity contribution in [3.63, 3.8) is 0 Å². The number of rotatable bonds is 15. The van der Waals surface area contributed by atoms with Crippen molar-refractivity contribution in [1.29, 1.82) is 0 Å². The Morgan fingerprint density at radius 3 is 1.67 bits per heavy atom. The van der Waals surface area contributed by atoms with E-state index in [4.69, 9.17) is 0 Å². The molecule has 3 nitrogen and oxygen atoms in total. The van der Waals surface area contributed by atoms with Crippen molar-refractivity contribution in [2.45, 2.75) is 96.8 Å². The van der Waals surface area contributed by atoms with Gasteiger partial charge in [-0.15, -0.1) is 0 Å². The van der Waals surface area contributed by atoms with Crippen molar-refractivity contribution < 1.29 is 9.90 Å².